The summed E-state index contributed by atoms with van der Waals surface area (Å²) in [7, 11) is 0. The molecule has 0 radical (unpaired) electrons. The first-order valence-electron chi connectivity index (χ1n) is 5.20. The van der Waals surface area contributed by atoms with Crippen molar-refractivity contribution >= 4 is 45.9 Å². The van der Waals surface area contributed by atoms with Crippen molar-refractivity contribution in [3.8, 4) is 5.75 Å². The van der Waals surface area contributed by atoms with Gasteiger partial charge in [-0.15, -0.1) is 12.4 Å². The van der Waals surface area contributed by atoms with E-state index >= 15 is 0 Å². The van der Waals surface area contributed by atoms with Gasteiger partial charge in [0, 0.05) is 10.6 Å². The molecular formula is C11H12BrCl2F2NO3. The Bertz CT molecular complexity index is 503. The van der Waals surface area contributed by atoms with Gasteiger partial charge in [-0.2, -0.15) is 8.78 Å². The Morgan fingerprint density at radius 1 is 1.60 bits per heavy atom. The molecule has 0 saturated heterocycles. The van der Waals surface area contributed by atoms with E-state index in [1.165, 1.54) is 13.0 Å². The third kappa shape index (κ3) is 3.94. The SMILES string of the molecule is CCOC(=O)C(F)(F)[C@@H](N)c1cc(Cl)cc(Br)c1O.Cl. The first-order valence-corrected chi connectivity index (χ1v) is 6.37. The molecule has 9 heteroatoms. The molecule has 0 heterocycles. The van der Waals surface area contributed by atoms with Crippen molar-refractivity contribution < 1.29 is 23.4 Å². The fraction of sp³-hybridized carbons (Fsp3) is 0.364. The number of halogens is 5. The molecule has 1 aromatic rings. The topological polar surface area (TPSA) is 72.5 Å². The summed E-state index contributed by atoms with van der Waals surface area (Å²) in [5, 5.41) is 9.79. The summed E-state index contributed by atoms with van der Waals surface area (Å²) in [6.07, 6.45) is 0. The lowest BCUT2D eigenvalue weighted by Crippen LogP contribution is -2.41. The standard InChI is InChI=1S/C11H11BrClF2NO3.ClH/c1-2-19-10(18)11(14,15)9(16)6-3-5(13)4-7(12)8(6)17;/h3-4,9,17H,2,16H2,1H3;1H/t9-;/m0./s1. The van der Waals surface area contributed by atoms with Gasteiger partial charge in [-0.25, -0.2) is 4.79 Å². The molecule has 0 unspecified atom stereocenters. The zero-order valence-electron chi connectivity index (χ0n) is 10.2. The van der Waals surface area contributed by atoms with Gasteiger partial charge >= 0.3 is 11.9 Å². The van der Waals surface area contributed by atoms with E-state index in [4.69, 9.17) is 17.3 Å². The van der Waals surface area contributed by atoms with Crippen LogP contribution in [0.2, 0.25) is 5.02 Å². The quantitative estimate of drug-likeness (QED) is 0.767. The number of rotatable bonds is 4. The van der Waals surface area contributed by atoms with Crippen molar-refractivity contribution in [2.24, 2.45) is 5.73 Å². The molecule has 3 N–H and O–H groups in total. The van der Waals surface area contributed by atoms with Crippen LogP contribution in [-0.2, 0) is 9.53 Å². The Labute approximate surface area is 133 Å². The smallest absolute Gasteiger partial charge is 0.379 e. The van der Waals surface area contributed by atoms with Crippen LogP contribution in [0.15, 0.2) is 16.6 Å². The number of benzene rings is 1. The second-order valence-electron chi connectivity index (χ2n) is 3.65. The number of phenols is 1. The highest BCUT2D eigenvalue weighted by Gasteiger charge is 2.48. The van der Waals surface area contributed by atoms with Gasteiger partial charge in [0.25, 0.3) is 0 Å². The molecule has 1 atom stereocenters. The van der Waals surface area contributed by atoms with Gasteiger partial charge < -0.3 is 15.6 Å². The lowest BCUT2D eigenvalue weighted by molar-refractivity contribution is -0.174. The highest BCUT2D eigenvalue weighted by molar-refractivity contribution is 9.10. The number of ether oxygens (including phenoxy) is 1. The molecule has 0 spiro atoms. The summed E-state index contributed by atoms with van der Waals surface area (Å²) in [4.78, 5) is 11.2. The zero-order valence-corrected chi connectivity index (χ0v) is 13.4. The number of hydrogen-bond donors (Lipinski definition) is 2. The third-order valence-electron chi connectivity index (χ3n) is 2.33. The molecule has 0 bridgehead atoms. The largest absolute Gasteiger partial charge is 0.506 e. The predicted octanol–water partition coefficient (Wildman–Crippen LogP) is 3.43. The predicted molar refractivity (Wildman–Crippen MR) is 76.6 cm³/mol. The van der Waals surface area contributed by atoms with Crippen LogP contribution in [0.4, 0.5) is 8.78 Å². The summed E-state index contributed by atoms with van der Waals surface area (Å²) in [5.74, 6) is -6.23. The van der Waals surface area contributed by atoms with Crippen LogP contribution in [0.1, 0.15) is 18.5 Å². The Hall–Kier alpha value is -0.630. The molecule has 20 heavy (non-hydrogen) atoms. The van der Waals surface area contributed by atoms with E-state index < -0.39 is 23.7 Å². The highest BCUT2D eigenvalue weighted by atomic mass is 79.9. The Morgan fingerprint density at radius 3 is 2.65 bits per heavy atom. The third-order valence-corrected chi connectivity index (χ3v) is 3.15. The summed E-state index contributed by atoms with van der Waals surface area (Å²) >= 11 is 8.65. The van der Waals surface area contributed by atoms with Crippen LogP contribution in [-0.4, -0.2) is 23.6 Å². The van der Waals surface area contributed by atoms with Crippen LogP contribution < -0.4 is 5.73 Å². The fourth-order valence-electron chi connectivity index (χ4n) is 1.37. The van der Waals surface area contributed by atoms with Crippen LogP contribution in [0.3, 0.4) is 0 Å². The van der Waals surface area contributed by atoms with Crippen LogP contribution >= 0.6 is 39.9 Å². The number of esters is 1. The number of phenolic OH excluding ortho intramolecular Hbond substituents is 1. The minimum Gasteiger partial charge on any atom is -0.506 e. The molecule has 1 aromatic carbocycles. The zero-order chi connectivity index (χ0) is 14.8. The molecule has 0 aliphatic heterocycles. The maximum atomic E-state index is 13.8. The first kappa shape index (κ1) is 19.4. The normalized spacial score (nSPS) is 12.5. The number of alkyl halides is 2. The fourth-order valence-corrected chi connectivity index (χ4v) is 2.21. The average Bonchev–Trinajstić information content (AvgIpc) is 2.33. The van der Waals surface area contributed by atoms with Gasteiger partial charge in [-0.3, -0.25) is 0 Å². The van der Waals surface area contributed by atoms with Gasteiger partial charge in [0.2, 0.25) is 0 Å². The van der Waals surface area contributed by atoms with Crippen LogP contribution in [0.5, 0.6) is 5.75 Å². The number of carbonyl (C=O) groups excluding carboxylic acids is 1. The monoisotopic (exact) mass is 393 g/mol. The Kier molecular flexibility index (Phi) is 7.17. The molecule has 0 amide bonds. The molecule has 114 valence electrons. The molecule has 0 fully saturated rings. The Morgan fingerprint density at radius 2 is 2.15 bits per heavy atom. The van der Waals surface area contributed by atoms with Gasteiger partial charge in [0.1, 0.15) is 11.8 Å². The van der Waals surface area contributed by atoms with Crippen molar-refractivity contribution in [3.05, 3.63) is 27.2 Å². The molecule has 0 saturated carbocycles. The van der Waals surface area contributed by atoms with Crippen molar-refractivity contribution in [3.63, 3.8) is 0 Å². The lowest BCUT2D eigenvalue weighted by atomic mass is 10.0. The molecule has 1 rings (SSSR count). The van der Waals surface area contributed by atoms with E-state index in [1.807, 2.05) is 0 Å². The number of aromatic hydroxyl groups is 1. The minimum absolute atomic E-state index is 0. The summed E-state index contributed by atoms with van der Waals surface area (Å²) < 4.78 is 31.9. The van der Waals surface area contributed by atoms with Crippen molar-refractivity contribution in [1.29, 1.82) is 0 Å². The lowest BCUT2D eigenvalue weighted by Gasteiger charge is -2.23. The second kappa shape index (κ2) is 7.40. The van der Waals surface area contributed by atoms with Gasteiger partial charge in [-0.05, 0) is 35.0 Å². The van der Waals surface area contributed by atoms with E-state index in [2.05, 4.69) is 20.7 Å². The summed E-state index contributed by atoms with van der Waals surface area (Å²) in [6, 6.07) is 0.316. The van der Waals surface area contributed by atoms with Gasteiger partial charge in [0.15, 0.2) is 0 Å². The number of nitrogens with two attached hydrogens (primary N) is 1. The van der Waals surface area contributed by atoms with Crippen molar-refractivity contribution in [2.75, 3.05) is 6.61 Å². The molecule has 0 aliphatic carbocycles. The van der Waals surface area contributed by atoms with E-state index in [9.17, 15) is 18.7 Å². The average molecular weight is 395 g/mol. The van der Waals surface area contributed by atoms with E-state index in [1.54, 1.807) is 0 Å². The van der Waals surface area contributed by atoms with Crippen molar-refractivity contribution in [2.45, 2.75) is 18.9 Å². The van der Waals surface area contributed by atoms with Crippen LogP contribution in [0.25, 0.3) is 0 Å². The van der Waals surface area contributed by atoms with E-state index in [0.29, 0.717) is 0 Å². The Balaban J connectivity index is 0.00000361. The number of hydrogen-bond acceptors (Lipinski definition) is 4. The molecule has 4 nitrogen and oxygen atoms in total. The molecule has 0 aliphatic rings. The first-order chi connectivity index (χ1) is 8.71. The number of carbonyl (C=O) groups is 1. The van der Waals surface area contributed by atoms with Gasteiger partial charge in [-0.1, -0.05) is 11.6 Å². The maximum absolute atomic E-state index is 13.8. The molecule has 0 aromatic heterocycles. The summed E-state index contributed by atoms with van der Waals surface area (Å²) in [6.45, 7) is 1.19. The second-order valence-corrected chi connectivity index (χ2v) is 4.94. The van der Waals surface area contributed by atoms with Crippen molar-refractivity contribution in [1.82, 2.24) is 0 Å². The summed E-state index contributed by atoms with van der Waals surface area (Å²) in [5.41, 5.74) is 5.00. The van der Waals surface area contributed by atoms with E-state index in [-0.39, 0.29) is 34.1 Å². The maximum Gasteiger partial charge on any atom is 0.379 e. The van der Waals surface area contributed by atoms with E-state index in [0.717, 1.165) is 6.07 Å². The van der Waals surface area contributed by atoms with Crippen LogP contribution in [0, 0.1) is 0 Å². The van der Waals surface area contributed by atoms with Gasteiger partial charge in [0.05, 0.1) is 11.1 Å². The minimum atomic E-state index is -3.97. The highest BCUT2D eigenvalue weighted by Crippen LogP contribution is 2.40. The molecular weight excluding hydrogens is 383 g/mol.